The molecule has 220 valence electrons. The Labute approximate surface area is 343 Å². The van der Waals surface area contributed by atoms with E-state index in [4.69, 9.17) is 9.47 Å². The fourth-order valence-electron chi connectivity index (χ4n) is 2.95. The predicted molar refractivity (Wildman–Crippen MR) is 170 cm³/mol. The standard InChI is InChI=1S/6C5H5.2C4H8O.Na.2U.H/c8*1-2-4-5-3-1;;;;/h6*1-5H;2*1-4H2;;;;/q;;;;;;;;+1;;;-1. The smallest absolute Gasteiger partial charge is 1.00 e. The number of ether oxygens (including phenoxy) is 2. The van der Waals surface area contributed by atoms with Gasteiger partial charge in [-0.2, -0.15) is 0 Å². The molecule has 43 heavy (non-hydrogen) atoms. The van der Waals surface area contributed by atoms with Crippen molar-refractivity contribution >= 4 is 0 Å². The summed E-state index contributed by atoms with van der Waals surface area (Å²) in [4.78, 5) is 0. The van der Waals surface area contributed by atoms with Gasteiger partial charge in [-0.1, -0.05) is 0 Å². The first kappa shape index (κ1) is 50.4. The minimum absolute atomic E-state index is 0. The van der Waals surface area contributed by atoms with Gasteiger partial charge in [0.15, 0.2) is 0 Å². The van der Waals surface area contributed by atoms with Crippen molar-refractivity contribution in [1.29, 1.82) is 0 Å². The molecule has 0 atom stereocenters. The van der Waals surface area contributed by atoms with Crippen molar-refractivity contribution < 1.29 is 103 Å². The van der Waals surface area contributed by atoms with E-state index >= 15 is 0 Å². The van der Waals surface area contributed by atoms with Crippen molar-refractivity contribution in [2.75, 3.05) is 26.4 Å². The van der Waals surface area contributed by atoms with E-state index in [9.17, 15) is 0 Å². The summed E-state index contributed by atoms with van der Waals surface area (Å²) < 4.78 is 9.89. The predicted octanol–water partition coefficient (Wildman–Crippen LogP) is 4.84. The molecule has 30 radical (unpaired) electrons. The van der Waals surface area contributed by atoms with Crippen molar-refractivity contribution in [3.8, 4) is 0 Å². The molecule has 0 aromatic heterocycles. The normalized spacial score (nSPS) is 22.3. The Kier molecular flexibility index (Phi) is 55.3. The summed E-state index contributed by atoms with van der Waals surface area (Å²) in [6.45, 7) is 4.00. The quantitative estimate of drug-likeness (QED) is 0.324. The molecule has 2 nitrogen and oxygen atoms in total. The Morgan fingerprint density at radius 1 is 0.233 bits per heavy atom. The minimum Gasteiger partial charge on any atom is -1.00 e. The SMILES string of the molecule is C1CCOC1.C1CCOC1.[CH]1[CH][CH][CH][CH]1.[CH]1[CH][CH][CH][CH]1.[CH]1[CH][CH][CH][CH]1.[CH]1[CH][CH][CH][CH]1.[CH]1[CH][CH][CH][CH]1.[CH]1[CH][CH][CH][CH]1.[H-].[Na+].[U].[U]. The first-order valence-electron chi connectivity index (χ1n) is 14.2. The van der Waals surface area contributed by atoms with E-state index < -0.39 is 0 Å². The first-order valence-corrected chi connectivity index (χ1v) is 14.2. The molecule has 0 N–H and O–H groups in total. The van der Waals surface area contributed by atoms with Crippen molar-refractivity contribution in [3.05, 3.63) is 193 Å². The van der Waals surface area contributed by atoms with Crippen LogP contribution in [0.15, 0.2) is 0 Å². The van der Waals surface area contributed by atoms with E-state index in [0.29, 0.717) is 0 Å². The molecule has 2 heterocycles. The van der Waals surface area contributed by atoms with Gasteiger partial charge in [0.2, 0.25) is 0 Å². The van der Waals surface area contributed by atoms with Gasteiger partial charge in [0.1, 0.15) is 0 Å². The van der Waals surface area contributed by atoms with Crippen LogP contribution in [-0.2, 0) is 9.47 Å². The van der Waals surface area contributed by atoms with Gasteiger partial charge in [-0.15, -0.1) is 0 Å². The van der Waals surface area contributed by atoms with Crippen LogP contribution in [0.4, 0.5) is 0 Å². The summed E-state index contributed by atoms with van der Waals surface area (Å²) in [6.07, 6.45) is 65.1. The van der Waals surface area contributed by atoms with Crippen LogP contribution in [0.5, 0.6) is 0 Å². The van der Waals surface area contributed by atoms with E-state index in [2.05, 4.69) is 0 Å². The van der Waals surface area contributed by atoms with Crippen LogP contribution < -0.4 is 29.6 Å². The Morgan fingerprint density at radius 3 is 0.372 bits per heavy atom. The zero-order chi connectivity index (χ0) is 28.3. The number of rotatable bonds is 0. The summed E-state index contributed by atoms with van der Waals surface area (Å²) >= 11 is 0. The molecule has 5 heteroatoms. The molecular weight excluding hydrogens is 987 g/mol. The summed E-state index contributed by atoms with van der Waals surface area (Å²) in [5, 5.41) is 0. The van der Waals surface area contributed by atoms with E-state index in [0.717, 1.165) is 26.4 Å². The third-order valence-electron chi connectivity index (χ3n) is 4.99. The molecule has 8 aliphatic rings. The molecule has 6 aliphatic carbocycles. The fourth-order valence-corrected chi connectivity index (χ4v) is 2.95. The molecule has 2 aliphatic heterocycles. The van der Waals surface area contributed by atoms with Gasteiger partial charge in [-0.25, -0.2) is 0 Å². The van der Waals surface area contributed by atoms with Crippen LogP contribution >= 0.6 is 0 Å². The second kappa shape index (κ2) is 47.1. The largest absolute Gasteiger partial charge is 1.00 e. The maximum Gasteiger partial charge on any atom is 1.00 e. The van der Waals surface area contributed by atoms with Gasteiger partial charge in [0.25, 0.3) is 0 Å². The van der Waals surface area contributed by atoms with E-state index in [1.807, 2.05) is 193 Å². The zero-order valence-corrected chi connectivity index (χ0v) is 36.1. The average Bonchev–Trinajstić information content (AvgIpc) is 3.95. The Morgan fingerprint density at radius 2 is 0.326 bits per heavy atom. The van der Waals surface area contributed by atoms with Crippen LogP contribution in [0.25, 0.3) is 0 Å². The van der Waals surface area contributed by atoms with Gasteiger partial charge in [-0.3, -0.25) is 0 Å². The maximum absolute atomic E-state index is 4.94. The second-order valence-electron chi connectivity index (χ2n) is 8.41. The molecule has 6 saturated carbocycles. The summed E-state index contributed by atoms with van der Waals surface area (Å²) in [5.74, 6) is 0. The van der Waals surface area contributed by atoms with E-state index in [-0.39, 0.29) is 93.2 Å². The third kappa shape index (κ3) is 45.0. The first-order chi connectivity index (χ1) is 20.0. The Balaban J connectivity index is -0.000000205. The van der Waals surface area contributed by atoms with E-state index in [1.165, 1.54) is 25.7 Å². The molecule has 0 aromatic carbocycles. The topological polar surface area (TPSA) is 18.5 Å². The zero-order valence-electron chi connectivity index (χ0n) is 26.8. The molecule has 8 rings (SSSR count). The van der Waals surface area contributed by atoms with Gasteiger partial charge >= 0.3 is 29.6 Å². The molecule has 0 bridgehead atoms. The molecule has 8 fully saturated rings. The average molecular weight is 1030 g/mol. The number of hydrogen-bond donors (Lipinski definition) is 0. The van der Waals surface area contributed by atoms with Crippen LogP contribution in [0, 0.1) is 255 Å². The van der Waals surface area contributed by atoms with Crippen molar-refractivity contribution in [1.82, 2.24) is 0 Å². The molecule has 0 aromatic rings. The Bertz CT molecular complexity index is 250. The van der Waals surface area contributed by atoms with E-state index in [1.54, 1.807) is 0 Å². The van der Waals surface area contributed by atoms with Crippen molar-refractivity contribution in [3.63, 3.8) is 0 Å². The molecule has 0 amide bonds. The maximum atomic E-state index is 4.94. The summed E-state index contributed by atoms with van der Waals surface area (Å²) in [6, 6.07) is 0. The number of hydrogen-bond acceptors (Lipinski definition) is 2. The monoisotopic (exact) mass is 1030 g/mol. The molecule has 2 saturated heterocycles. The Hall–Kier alpha value is 3.02. The van der Waals surface area contributed by atoms with Crippen molar-refractivity contribution in [2.45, 2.75) is 25.7 Å². The van der Waals surface area contributed by atoms with Gasteiger partial charge in [-0.05, 0) is 218 Å². The van der Waals surface area contributed by atoms with Crippen LogP contribution in [-0.4, -0.2) is 26.4 Å². The summed E-state index contributed by atoms with van der Waals surface area (Å²) in [7, 11) is 0. The molecular formula is C38H47NaO2U2. The molecule has 0 unspecified atom stereocenters. The van der Waals surface area contributed by atoms with Gasteiger partial charge in [0.05, 0.1) is 0 Å². The van der Waals surface area contributed by atoms with Crippen molar-refractivity contribution in [2.24, 2.45) is 0 Å². The van der Waals surface area contributed by atoms with Gasteiger partial charge in [0, 0.05) is 88.7 Å². The summed E-state index contributed by atoms with van der Waals surface area (Å²) in [5.41, 5.74) is 0. The fraction of sp³-hybridized carbons (Fsp3) is 0.211. The minimum atomic E-state index is 0. The van der Waals surface area contributed by atoms with Crippen LogP contribution in [0.2, 0.25) is 0 Å². The van der Waals surface area contributed by atoms with Gasteiger partial charge < -0.3 is 10.9 Å². The third-order valence-corrected chi connectivity index (χ3v) is 4.99. The molecule has 0 spiro atoms. The van der Waals surface area contributed by atoms with Crippen LogP contribution in [0.3, 0.4) is 0 Å². The second-order valence-corrected chi connectivity index (χ2v) is 8.41. The van der Waals surface area contributed by atoms with Crippen LogP contribution in [0.1, 0.15) is 27.1 Å².